The molecule has 0 saturated carbocycles. The fourth-order valence-electron chi connectivity index (χ4n) is 1.85. The first kappa shape index (κ1) is 12.5. The highest BCUT2D eigenvalue weighted by molar-refractivity contribution is 6.36. The summed E-state index contributed by atoms with van der Waals surface area (Å²) in [6, 6.07) is 11.9. The molecule has 0 aliphatic rings. The Kier molecular flexibility index (Phi) is 4.24. The van der Waals surface area contributed by atoms with Crippen molar-refractivity contribution >= 4 is 28.4 Å². The van der Waals surface area contributed by atoms with Crippen LogP contribution in [0.3, 0.4) is 0 Å². The summed E-state index contributed by atoms with van der Waals surface area (Å²) in [5.41, 5.74) is 9.26. The third-order valence-electron chi connectivity index (χ3n) is 2.64. The standard InChI is InChI=1S/C14H12ClN3/c15-13-9-4-8-12-7-3-6-11(14(12)13)5-1-2-10-17-18-16/h1,3-9H,2,10H2. The van der Waals surface area contributed by atoms with Gasteiger partial charge in [0.1, 0.15) is 0 Å². The molecule has 0 fully saturated rings. The normalized spacial score (nSPS) is 10.7. The third kappa shape index (κ3) is 2.83. The molecule has 4 heteroatoms. The van der Waals surface area contributed by atoms with Crippen LogP contribution in [0.15, 0.2) is 47.6 Å². The van der Waals surface area contributed by atoms with Crippen LogP contribution in [-0.4, -0.2) is 6.54 Å². The molecule has 2 rings (SSSR count). The van der Waals surface area contributed by atoms with Crippen molar-refractivity contribution in [2.24, 2.45) is 5.11 Å². The van der Waals surface area contributed by atoms with E-state index in [1.165, 1.54) is 0 Å². The van der Waals surface area contributed by atoms with Crippen molar-refractivity contribution in [3.8, 4) is 0 Å². The molecule has 0 amide bonds. The molecule has 0 aliphatic heterocycles. The summed E-state index contributed by atoms with van der Waals surface area (Å²) in [5, 5.41) is 6.42. The van der Waals surface area contributed by atoms with E-state index < -0.39 is 0 Å². The topological polar surface area (TPSA) is 48.8 Å². The van der Waals surface area contributed by atoms with Crippen molar-refractivity contribution in [1.29, 1.82) is 0 Å². The minimum atomic E-state index is 0.478. The van der Waals surface area contributed by atoms with E-state index >= 15 is 0 Å². The molecule has 0 radical (unpaired) electrons. The second kappa shape index (κ2) is 6.10. The Morgan fingerprint density at radius 2 is 2.00 bits per heavy atom. The van der Waals surface area contributed by atoms with Gasteiger partial charge < -0.3 is 0 Å². The highest BCUT2D eigenvalue weighted by Gasteiger charge is 2.01. The molecule has 0 N–H and O–H groups in total. The number of nitrogens with zero attached hydrogens (tertiary/aromatic N) is 3. The number of fused-ring (bicyclic) bond motifs is 1. The minimum Gasteiger partial charge on any atom is -0.0937 e. The SMILES string of the molecule is [N-]=[N+]=NCCC=Cc1cccc2cccc(Cl)c12. The fraction of sp³-hybridized carbons (Fsp3) is 0.143. The van der Waals surface area contributed by atoms with E-state index in [9.17, 15) is 0 Å². The van der Waals surface area contributed by atoms with Gasteiger partial charge in [0, 0.05) is 21.9 Å². The lowest BCUT2D eigenvalue weighted by Crippen LogP contribution is -1.80. The number of benzene rings is 2. The second-order valence-electron chi connectivity index (χ2n) is 3.83. The summed E-state index contributed by atoms with van der Waals surface area (Å²) in [7, 11) is 0. The molecule has 18 heavy (non-hydrogen) atoms. The van der Waals surface area contributed by atoms with Gasteiger partial charge in [-0.25, -0.2) is 0 Å². The van der Waals surface area contributed by atoms with Crippen LogP contribution in [0.25, 0.3) is 27.3 Å². The van der Waals surface area contributed by atoms with Crippen LogP contribution in [-0.2, 0) is 0 Å². The molecule has 0 bridgehead atoms. The van der Waals surface area contributed by atoms with E-state index in [0.29, 0.717) is 6.54 Å². The van der Waals surface area contributed by atoms with Gasteiger partial charge in [-0.15, -0.1) is 0 Å². The third-order valence-corrected chi connectivity index (χ3v) is 2.96. The van der Waals surface area contributed by atoms with Gasteiger partial charge in [0.2, 0.25) is 0 Å². The van der Waals surface area contributed by atoms with E-state index in [-0.39, 0.29) is 0 Å². The molecule has 0 spiro atoms. The summed E-state index contributed by atoms with van der Waals surface area (Å²) in [6.45, 7) is 0.478. The number of azide groups is 1. The Labute approximate surface area is 110 Å². The summed E-state index contributed by atoms with van der Waals surface area (Å²) in [6.07, 6.45) is 4.73. The van der Waals surface area contributed by atoms with Crippen LogP contribution >= 0.6 is 11.6 Å². The van der Waals surface area contributed by atoms with Gasteiger partial charge in [-0.05, 0) is 29.0 Å². The van der Waals surface area contributed by atoms with Gasteiger partial charge >= 0.3 is 0 Å². The number of halogens is 1. The van der Waals surface area contributed by atoms with Gasteiger partial charge in [-0.2, -0.15) is 0 Å². The molecule has 0 saturated heterocycles. The van der Waals surface area contributed by atoms with E-state index in [2.05, 4.69) is 10.0 Å². The maximum atomic E-state index is 8.18. The van der Waals surface area contributed by atoms with Crippen molar-refractivity contribution in [1.82, 2.24) is 0 Å². The Balaban J connectivity index is 2.30. The summed E-state index contributed by atoms with van der Waals surface area (Å²) in [4.78, 5) is 2.71. The lowest BCUT2D eigenvalue weighted by atomic mass is 10.0. The molecular weight excluding hydrogens is 246 g/mol. The first-order valence-electron chi connectivity index (χ1n) is 5.67. The zero-order valence-corrected chi connectivity index (χ0v) is 10.5. The zero-order valence-electron chi connectivity index (χ0n) is 9.75. The van der Waals surface area contributed by atoms with Crippen LogP contribution < -0.4 is 0 Å². The molecule has 0 atom stereocenters. The quantitative estimate of drug-likeness (QED) is 0.313. The maximum absolute atomic E-state index is 8.18. The van der Waals surface area contributed by atoms with Gasteiger partial charge in [-0.1, -0.05) is 59.2 Å². The van der Waals surface area contributed by atoms with E-state index in [1.807, 2.05) is 48.6 Å². The van der Waals surface area contributed by atoms with Crippen LogP contribution in [0.1, 0.15) is 12.0 Å². The highest BCUT2D eigenvalue weighted by atomic mass is 35.5. The van der Waals surface area contributed by atoms with Gasteiger partial charge in [-0.3, -0.25) is 0 Å². The molecule has 2 aromatic carbocycles. The van der Waals surface area contributed by atoms with Crippen LogP contribution in [0.2, 0.25) is 5.02 Å². The molecule has 3 nitrogen and oxygen atoms in total. The number of hydrogen-bond acceptors (Lipinski definition) is 1. The Morgan fingerprint density at radius 1 is 1.22 bits per heavy atom. The van der Waals surface area contributed by atoms with E-state index in [0.717, 1.165) is 27.8 Å². The van der Waals surface area contributed by atoms with Crippen molar-refractivity contribution in [2.45, 2.75) is 6.42 Å². The Hall–Kier alpha value is -1.96. The predicted molar refractivity (Wildman–Crippen MR) is 76.6 cm³/mol. The maximum Gasteiger partial charge on any atom is 0.0490 e. The molecule has 0 aromatic heterocycles. The molecule has 90 valence electrons. The van der Waals surface area contributed by atoms with Crippen LogP contribution in [0, 0.1) is 0 Å². The highest BCUT2D eigenvalue weighted by Crippen LogP contribution is 2.27. The van der Waals surface area contributed by atoms with Crippen molar-refractivity contribution in [2.75, 3.05) is 6.54 Å². The molecule has 0 unspecified atom stereocenters. The average molecular weight is 258 g/mol. The Bertz CT molecular complexity index is 623. The number of hydrogen-bond donors (Lipinski definition) is 0. The number of rotatable bonds is 4. The van der Waals surface area contributed by atoms with Gasteiger partial charge in [0.05, 0.1) is 0 Å². The van der Waals surface area contributed by atoms with E-state index in [1.54, 1.807) is 0 Å². The predicted octanol–water partition coefficient (Wildman–Crippen LogP) is 5.21. The minimum absolute atomic E-state index is 0.478. The van der Waals surface area contributed by atoms with Crippen LogP contribution in [0.5, 0.6) is 0 Å². The monoisotopic (exact) mass is 257 g/mol. The largest absolute Gasteiger partial charge is 0.0937 e. The first-order chi connectivity index (χ1) is 8.83. The lowest BCUT2D eigenvalue weighted by molar-refractivity contribution is 0.996. The fourth-order valence-corrected chi connectivity index (χ4v) is 2.14. The van der Waals surface area contributed by atoms with Gasteiger partial charge in [0.25, 0.3) is 0 Å². The van der Waals surface area contributed by atoms with E-state index in [4.69, 9.17) is 17.1 Å². The summed E-state index contributed by atoms with van der Waals surface area (Å²) < 4.78 is 0. The van der Waals surface area contributed by atoms with Crippen LogP contribution in [0.4, 0.5) is 0 Å². The smallest absolute Gasteiger partial charge is 0.0490 e. The second-order valence-corrected chi connectivity index (χ2v) is 4.24. The van der Waals surface area contributed by atoms with Crippen molar-refractivity contribution in [3.63, 3.8) is 0 Å². The van der Waals surface area contributed by atoms with Crippen molar-refractivity contribution < 1.29 is 0 Å². The average Bonchev–Trinajstić information content (AvgIpc) is 2.39. The zero-order chi connectivity index (χ0) is 12.8. The molecular formula is C14H12ClN3. The Morgan fingerprint density at radius 3 is 2.78 bits per heavy atom. The lowest BCUT2D eigenvalue weighted by Gasteiger charge is -2.04. The molecule has 2 aromatic rings. The summed E-state index contributed by atoms with van der Waals surface area (Å²) >= 11 is 6.22. The van der Waals surface area contributed by atoms with Crippen molar-refractivity contribution in [3.05, 3.63) is 63.5 Å². The molecule has 0 aliphatic carbocycles. The first-order valence-corrected chi connectivity index (χ1v) is 6.05. The summed E-state index contributed by atoms with van der Waals surface area (Å²) in [5.74, 6) is 0. The molecule has 0 heterocycles. The van der Waals surface area contributed by atoms with Gasteiger partial charge in [0.15, 0.2) is 0 Å².